The van der Waals surface area contributed by atoms with Crippen LogP contribution in [0.3, 0.4) is 0 Å². The van der Waals surface area contributed by atoms with Gasteiger partial charge in [0.25, 0.3) is 0 Å². The molecule has 0 spiro atoms. The van der Waals surface area contributed by atoms with E-state index >= 15 is 0 Å². The van der Waals surface area contributed by atoms with E-state index in [0.717, 1.165) is 64.6 Å². The minimum atomic E-state index is 0.0137. The Kier molecular flexibility index (Phi) is 10.1. The lowest BCUT2D eigenvalue weighted by Crippen LogP contribution is -2.58. The van der Waals surface area contributed by atoms with Gasteiger partial charge in [0, 0.05) is 60.8 Å². The monoisotopic (exact) mass is 647 g/mol. The Bertz CT molecular complexity index is 1670. The molecule has 9 nitrogen and oxygen atoms in total. The number of nitrogens with zero attached hydrogens (tertiary/aromatic N) is 6. The molecule has 45 heavy (non-hydrogen) atoms. The van der Waals surface area contributed by atoms with E-state index in [1.165, 1.54) is 19.3 Å². The van der Waals surface area contributed by atoms with Gasteiger partial charge in [-0.05, 0) is 69.4 Å². The summed E-state index contributed by atoms with van der Waals surface area (Å²) in [7, 11) is 0. The number of aromatic nitrogens is 4. The smallest absolute Gasteiger partial charge is 0.317 e. The second-order valence-corrected chi connectivity index (χ2v) is 14.0. The summed E-state index contributed by atoms with van der Waals surface area (Å²) in [5.41, 5.74) is 4.93. The number of unbranched alkanes of at least 4 members (excludes halogenated alkanes) is 1. The van der Waals surface area contributed by atoms with Crippen molar-refractivity contribution in [1.82, 2.24) is 34.9 Å². The number of amides is 3. The first-order chi connectivity index (χ1) is 21.9. The van der Waals surface area contributed by atoms with E-state index in [0.29, 0.717) is 48.8 Å². The van der Waals surface area contributed by atoms with Gasteiger partial charge in [-0.3, -0.25) is 4.79 Å². The molecule has 3 heterocycles. The van der Waals surface area contributed by atoms with Crippen LogP contribution in [0.25, 0.3) is 22.1 Å². The molecule has 1 saturated carbocycles. The zero-order valence-corrected chi connectivity index (χ0v) is 27.7. The highest BCUT2D eigenvalue weighted by molar-refractivity contribution is 7.99. The van der Waals surface area contributed by atoms with Gasteiger partial charge in [0.2, 0.25) is 11.1 Å². The number of hydrogen-bond donors (Lipinski definition) is 1. The van der Waals surface area contributed by atoms with Gasteiger partial charge >= 0.3 is 6.03 Å². The van der Waals surface area contributed by atoms with Crippen LogP contribution in [0.2, 0.25) is 5.02 Å². The first kappa shape index (κ1) is 31.6. The van der Waals surface area contributed by atoms with Crippen LogP contribution in [0.5, 0.6) is 0 Å². The minimum absolute atomic E-state index is 0.0137. The van der Waals surface area contributed by atoms with Crippen molar-refractivity contribution in [1.29, 1.82) is 0 Å². The first-order valence-corrected chi connectivity index (χ1v) is 17.6. The molecule has 0 radical (unpaired) electrons. The number of fused-ring (bicyclic) bond motifs is 3. The van der Waals surface area contributed by atoms with Crippen LogP contribution in [0.15, 0.2) is 47.6 Å². The Hall–Kier alpha value is -3.37. The molecule has 1 aliphatic heterocycles. The van der Waals surface area contributed by atoms with Crippen LogP contribution in [0, 0.1) is 6.92 Å². The summed E-state index contributed by atoms with van der Waals surface area (Å²) in [6.07, 6.45) is 7.97. The van der Waals surface area contributed by atoms with Crippen molar-refractivity contribution in [3.05, 3.63) is 58.6 Å². The third-order valence-electron chi connectivity index (χ3n) is 9.02. The molecular weight excluding hydrogens is 606 g/mol. The van der Waals surface area contributed by atoms with Crippen LogP contribution < -0.4 is 5.32 Å². The molecule has 238 valence electrons. The molecule has 1 N–H and O–H groups in total. The van der Waals surface area contributed by atoms with Gasteiger partial charge in [0.15, 0.2) is 5.65 Å². The van der Waals surface area contributed by atoms with Crippen molar-refractivity contribution < 1.29 is 9.59 Å². The number of thioether (sulfide) groups is 1. The quantitative estimate of drug-likeness (QED) is 0.158. The van der Waals surface area contributed by atoms with Gasteiger partial charge < -0.3 is 19.7 Å². The van der Waals surface area contributed by atoms with E-state index in [1.54, 1.807) is 11.8 Å². The van der Waals surface area contributed by atoms with E-state index in [4.69, 9.17) is 16.6 Å². The largest absolute Gasteiger partial charge is 0.339 e. The molecular formula is C34H42ClN7O2S. The highest BCUT2D eigenvalue weighted by Gasteiger charge is 2.30. The number of halogens is 1. The molecule has 2 aromatic carbocycles. The fourth-order valence-corrected chi connectivity index (χ4v) is 7.58. The van der Waals surface area contributed by atoms with Gasteiger partial charge in [-0.15, -0.1) is 10.2 Å². The predicted molar refractivity (Wildman–Crippen MR) is 181 cm³/mol. The molecule has 2 aliphatic rings. The number of nitrogens with one attached hydrogen (secondary N) is 1. The second-order valence-electron chi connectivity index (χ2n) is 12.5. The van der Waals surface area contributed by atoms with Crippen molar-refractivity contribution in [3.8, 4) is 0 Å². The number of benzene rings is 2. The number of piperazine rings is 1. The molecule has 6 rings (SSSR count). The van der Waals surface area contributed by atoms with Crippen molar-refractivity contribution >= 4 is 57.4 Å². The van der Waals surface area contributed by atoms with Gasteiger partial charge in [-0.2, -0.15) is 0 Å². The molecule has 1 atom stereocenters. The minimum Gasteiger partial charge on any atom is -0.339 e. The summed E-state index contributed by atoms with van der Waals surface area (Å²) >= 11 is 7.85. The Balaban J connectivity index is 1.01. The molecule has 1 unspecified atom stereocenters. The van der Waals surface area contributed by atoms with E-state index < -0.39 is 0 Å². The zero-order chi connectivity index (χ0) is 31.3. The summed E-state index contributed by atoms with van der Waals surface area (Å²) < 4.78 is 2.19. The lowest BCUT2D eigenvalue weighted by atomic mass is 9.96. The molecule has 1 aliphatic carbocycles. The zero-order valence-electron chi connectivity index (χ0n) is 26.2. The van der Waals surface area contributed by atoms with E-state index in [-0.39, 0.29) is 18.0 Å². The normalized spacial score (nSPS) is 17.7. The first-order valence-electron chi connectivity index (χ1n) is 16.2. The van der Waals surface area contributed by atoms with E-state index in [9.17, 15) is 9.59 Å². The summed E-state index contributed by atoms with van der Waals surface area (Å²) in [6, 6.07) is 14.6. The topological polar surface area (TPSA) is 96.2 Å². The van der Waals surface area contributed by atoms with Gasteiger partial charge in [0.1, 0.15) is 5.52 Å². The lowest BCUT2D eigenvalue weighted by Gasteiger charge is -2.40. The van der Waals surface area contributed by atoms with Crippen molar-refractivity contribution in [2.45, 2.75) is 89.0 Å². The van der Waals surface area contributed by atoms with Crippen LogP contribution >= 0.6 is 23.4 Å². The van der Waals surface area contributed by atoms with Crippen LogP contribution in [0.4, 0.5) is 4.79 Å². The van der Waals surface area contributed by atoms with Crippen LogP contribution in [-0.2, 0) is 11.3 Å². The molecule has 11 heteroatoms. The van der Waals surface area contributed by atoms with E-state index in [1.807, 2.05) is 34.9 Å². The molecule has 0 bridgehead atoms. The van der Waals surface area contributed by atoms with Crippen molar-refractivity contribution in [2.75, 3.05) is 25.4 Å². The highest BCUT2D eigenvalue weighted by atomic mass is 35.5. The average molecular weight is 648 g/mol. The fourth-order valence-electron chi connectivity index (χ4n) is 6.58. The number of hydrogen-bond acceptors (Lipinski definition) is 6. The maximum Gasteiger partial charge on any atom is 0.317 e. The Morgan fingerprint density at radius 2 is 1.89 bits per heavy atom. The standard InChI is InChI=1S/C34H42ClN7O2S/c1-23-14-15-29-28(19-23)31-32(42(29)22-25-9-8-10-26(35)20-25)37-33(39-38-31)45-18-7-6-13-30(43)40-16-17-41(24(2)21-40)34(44)36-27-11-4-3-5-12-27/h8-10,14-15,19-20,24,27H,3-7,11-13,16-18,21-22H2,1-2H3,(H,36,44). The Labute approximate surface area is 274 Å². The SMILES string of the molecule is Cc1ccc2c(c1)c1nnc(SCCCCC(=O)N3CCN(C(=O)NC4CCCCC4)C(C)C3)nc1n2Cc1cccc(Cl)c1. The molecule has 1 saturated heterocycles. The Morgan fingerprint density at radius 3 is 2.69 bits per heavy atom. The number of aryl methyl sites for hydroxylation is 1. The van der Waals surface area contributed by atoms with Crippen molar-refractivity contribution in [3.63, 3.8) is 0 Å². The van der Waals surface area contributed by atoms with Crippen LogP contribution in [0.1, 0.15) is 69.4 Å². The third kappa shape index (κ3) is 7.55. The maximum atomic E-state index is 13.0. The number of rotatable bonds is 9. The third-order valence-corrected chi connectivity index (χ3v) is 10.2. The predicted octanol–water partition coefficient (Wildman–Crippen LogP) is 6.83. The van der Waals surface area contributed by atoms with Crippen LogP contribution in [-0.4, -0.2) is 79.0 Å². The maximum absolute atomic E-state index is 13.0. The summed E-state index contributed by atoms with van der Waals surface area (Å²) in [5, 5.41) is 14.7. The fraction of sp³-hybridized carbons (Fsp3) is 0.500. The Morgan fingerprint density at radius 1 is 1.04 bits per heavy atom. The summed E-state index contributed by atoms with van der Waals surface area (Å²) in [4.78, 5) is 34.6. The second kappa shape index (κ2) is 14.4. The van der Waals surface area contributed by atoms with Gasteiger partial charge in [0.05, 0.1) is 5.52 Å². The van der Waals surface area contributed by atoms with Crippen molar-refractivity contribution in [2.24, 2.45) is 0 Å². The number of carbonyl (C=O) groups excluding carboxylic acids is 2. The van der Waals surface area contributed by atoms with Gasteiger partial charge in [-0.1, -0.05) is 66.4 Å². The number of urea groups is 1. The molecule has 2 aromatic heterocycles. The molecule has 4 aromatic rings. The average Bonchev–Trinajstić information content (AvgIpc) is 3.32. The highest BCUT2D eigenvalue weighted by Crippen LogP contribution is 2.30. The molecule has 3 amide bonds. The van der Waals surface area contributed by atoms with Gasteiger partial charge in [-0.25, -0.2) is 9.78 Å². The van der Waals surface area contributed by atoms with E-state index in [2.05, 4.69) is 51.3 Å². The number of carbonyl (C=O) groups is 2. The summed E-state index contributed by atoms with van der Waals surface area (Å²) in [5.74, 6) is 0.971. The summed E-state index contributed by atoms with van der Waals surface area (Å²) in [6.45, 7) is 6.52. The molecule has 2 fully saturated rings. The lowest BCUT2D eigenvalue weighted by molar-refractivity contribution is -0.133.